The van der Waals surface area contributed by atoms with Crippen LogP contribution in [-0.2, 0) is 4.79 Å². The van der Waals surface area contributed by atoms with E-state index in [0.717, 1.165) is 11.4 Å². The monoisotopic (exact) mass is 215 g/mol. The molecule has 1 aliphatic heterocycles. The van der Waals surface area contributed by atoms with E-state index in [-0.39, 0.29) is 5.91 Å². The van der Waals surface area contributed by atoms with Crippen LogP contribution in [0.15, 0.2) is 24.3 Å². The van der Waals surface area contributed by atoms with Crippen LogP contribution in [0.1, 0.15) is 12.8 Å². The predicted molar refractivity (Wildman–Crippen MR) is 62.4 cm³/mol. The second kappa shape index (κ2) is 4.71. The van der Waals surface area contributed by atoms with E-state index in [1.165, 1.54) is 0 Å². The summed E-state index contributed by atoms with van der Waals surface area (Å²) in [5.74, 6) is 3.38. The molecule has 0 atom stereocenters. The van der Waals surface area contributed by atoms with Crippen molar-refractivity contribution < 1.29 is 9.53 Å². The number of amides is 1. The molecule has 1 aliphatic rings. The van der Waals surface area contributed by atoms with Crippen LogP contribution in [0.2, 0.25) is 0 Å². The highest BCUT2D eigenvalue weighted by Crippen LogP contribution is 2.30. The Kier molecular flexibility index (Phi) is 3.11. The minimum Gasteiger partial charge on any atom is -0.491 e. The lowest BCUT2D eigenvalue weighted by atomic mass is 10.2. The number of carbonyl (C=O) groups excluding carboxylic acids is 1. The molecule has 82 valence electrons. The van der Waals surface area contributed by atoms with Crippen molar-refractivity contribution in [3.8, 4) is 18.1 Å². The summed E-state index contributed by atoms with van der Waals surface area (Å²) in [7, 11) is 0. The van der Waals surface area contributed by atoms with Gasteiger partial charge in [0.25, 0.3) is 0 Å². The highest BCUT2D eigenvalue weighted by molar-refractivity contribution is 5.95. The maximum absolute atomic E-state index is 11.9. The first-order valence-corrected chi connectivity index (χ1v) is 5.28. The van der Waals surface area contributed by atoms with E-state index < -0.39 is 0 Å². The van der Waals surface area contributed by atoms with E-state index in [1.807, 2.05) is 24.3 Å². The number of fused-ring (bicyclic) bond motifs is 1. The highest BCUT2D eigenvalue weighted by atomic mass is 16.5. The van der Waals surface area contributed by atoms with Crippen molar-refractivity contribution in [2.45, 2.75) is 12.8 Å². The molecule has 3 nitrogen and oxygen atoms in total. The average Bonchev–Trinajstić information content (AvgIpc) is 2.46. The van der Waals surface area contributed by atoms with Gasteiger partial charge >= 0.3 is 0 Å². The maximum atomic E-state index is 11.9. The third-order valence-corrected chi connectivity index (χ3v) is 2.51. The van der Waals surface area contributed by atoms with Crippen LogP contribution in [0.4, 0.5) is 5.69 Å². The molecule has 0 aromatic heterocycles. The van der Waals surface area contributed by atoms with Crippen molar-refractivity contribution in [2.75, 3.05) is 18.1 Å². The summed E-state index contributed by atoms with van der Waals surface area (Å²) in [6, 6.07) is 7.55. The Bertz CT molecular complexity index is 434. The summed E-state index contributed by atoms with van der Waals surface area (Å²) >= 11 is 0. The Morgan fingerprint density at radius 1 is 1.44 bits per heavy atom. The highest BCUT2D eigenvalue weighted by Gasteiger charge is 2.21. The first-order valence-electron chi connectivity index (χ1n) is 5.28. The van der Waals surface area contributed by atoms with Gasteiger partial charge < -0.3 is 9.64 Å². The smallest absolute Gasteiger partial charge is 0.230 e. The van der Waals surface area contributed by atoms with E-state index >= 15 is 0 Å². The van der Waals surface area contributed by atoms with E-state index in [4.69, 9.17) is 11.2 Å². The summed E-state index contributed by atoms with van der Waals surface area (Å²) in [6.07, 6.45) is 6.19. The molecule has 0 N–H and O–H groups in total. The molecule has 16 heavy (non-hydrogen) atoms. The van der Waals surface area contributed by atoms with Gasteiger partial charge in [-0.2, -0.15) is 0 Å². The van der Waals surface area contributed by atoms with Crippen molar-refractivity contribution in [2.24, 2.45) is 0 Å². The van der Waals surface area contributed by atoms with E-state index in [9.17, 15) is 4.79 Å². The lowest BCUT2D eigenvalue weighted by Gasteiger charge is -2.20. The third-order valence-electron chi connectivity index (χ3n) is 2.51. The van der Waals surface area contributed by atoms with Gasteiger partial charge in [0.1, 0.15) is 5.75 Å². The van der Waals surface area contributed by atoms with Gasteiger partial charge in [0, 0.05) is 13.0 Å². The standard InChI is InChI=1S/C13H13NO2/c1-2-3-9-14-11-6-4-5-7-12(11)16-10-8-13(14)15/h1,4-7H,3,8-10H2. The topological polar surface area (TPSA) is 29.5 Å². The first kappa shape index (κ1) is 10.6. The molecule has 0 spiro atoms. The molecule has 0 bridgehead atoms. The van der Waals surface area contributed by atoms with Crippen LogP contribution in [0.3, 0.4) is 0 Å². The normalized spacial score (nSPS) is 14.7. The number of para-hydroxylation sites is 2. The summed E-state index contributed by atoms with van der Waals surface area (Å²) in [6.45, 7) is 0.984. The van der Waals surface area contributed by atoms with Gasteiger partial charge in [0.05, 0.1) is 18.7 Å². The molecule has 0 saturated carbocycles. The molecule has 1 heterocycles. The van der Waals surface area contributed by atoms with Crippen molar-refractivity contribution in [1.82, 2.24) is 0 Å². The number of nitrogens with zero attached hydrogens (tertiary/aromatic N) is 1. The average molecular weight is 215 g/mol. The Labute approximate surface area is 95.0 Å². The van der Waals surface area contributed by atoms with E-state index in [0.29, 0.717) is 26.0 Å². The van der Waals surface area contributed by atoms with Gasteiger partial charge in [-0.15, -0.1) is 12.3 Å². The largest absolute Gasteiger partial charge is 0.491 e. The summed E-state index contributed by atoms with van der Waals surface area (Å²) in [5, 5.41) is 0. The van der Waals surface area contributed by atoms with Gasteiger partial charge in [-0.25, -0.2) is 0 Å². The van der Waals surface area contributed by atoms with E-state index in [2.05, 4.69) is 5.92 Å². The zero-order valence-corrected chi connectivity index (χ0v) is 8.98. The first-order chi connectivity index (χ1) is 7.83. The molecule has 2 rings (SSSR count). The number of hydrogen-bond acceptors (Lipinski definition) is 2. The Hall–Kier alpha value is -1.95. The van der Waals surface area contributed by atoms with Crippen molar-refractivity contribution in [3.63, 3.8) is 0 Å². The number of hydrogen-bond donors (Lipinski definition) is 0. The van der Waals surface area contributed by atoms with Crippen LogP contribution in [0, 0.1) is 12.3 Å². The zero-order chi connectivity index (χ0) is 11.4. The minimum atomic E-state index is 0.0696. The van der Waals surface area contributed by atoms with Gasteiger partial charge in [-0.05, 0) is 12.1 Å². The lowest BCUT2D eigenvalue weighted by Crippen LogP contribution is -2.30. The minimum absolute atomic E-state index is 0.0696. The fourth-order valence-electron chi connectivity index (χ4n) is 1.74. The van der Waals surface area contributed by atoms with Gasteiger partial charge in [0.2, 0.25) is 5.91 Å². The molecule has 3 heteroatoms. The molecule has 1 amide bonds. The number of ether oxygens (including phenoxy) is 1. The van der Waals surface area contributed by atoms with Gasteiger partial charge in [-0.1, -0.05) is 12.1 Å². The predicted octanol–water partition coefficient (Wildman–Crippen LogP) is 1.83. The SMILES string of the molecule is C#CCCN1C(=O)CCOc2ccccc21. The van der Waals surface area contributed by atoms with Crippen molar-refractivity contribution in [3.05, 3.63) is 24.3 Å². The van der Waals surface area contributed by atoms with Gasteiger partial charge in [-0.3, -0.25) is 4.79 Å². The van der Waals surface area contributed by atoms with Crippen LogP contribution >= 0.6 is 0 Å². The molecule has 1 aromatic carbocycles. The fourth-order valence-corrected chi connectivity index (χ4v) is 1.74. The molecular formula is C13H13NO2. The number of terminal acetylenes is 1. The summed E-state index contributed by atoms with van der Waals surface area (Å²) in [4.78, 5) is 13.6. The van der Waals surface area contributed by atoms with Crippen molar-refractivity contribution >= 4 is 11.6 Å². The number of carbonyl (C=O) groups is 1. The van der Waals surface area contributed by atoms with Crippen LogP contribution in [0.5, 0.6) is 5.75 Å². The van der Waals surface area contributed by atoms with Crippen LogP contribution in [0.25, 0.3) is 0 Å². The molecule has 1 aromatic rings. The molecular weight excluding hydrogens is 202 g/mol. The van der Waals surface area contributed by atoms with Gasteiger partial charge in [0.15, 0.2) is 0 Å². The Balaban J connectivity index is 2.33. The second-order valence-corrected chi connectivity index (χ2v) is 3.57. The summed E-state index contributed by atoms with van der Waals surface area (Å²) < 4.78 is 5.51. The quantitative estimate of drug-likeness (QED) is 0.704. The molecule has 0 fully saturated rings. The Morgan fingerprint density at radius 3 is 3.06 bits per heavy atom. The van der Waals surface area contributed by atoms with Crippen LogP contribution in [-0.4, -0.2) is 19.1 Å². The molecule has 0 aliphatic carbocycles. The Morgan fingerprint density at radius 2 is 2.25 bits per heavy atom. The summed E-state index contributed by atoms with van der Waals surface area (Å²) in [5.41, 5.74) is 0.820. The number of anilines is 1. The zero-order valence-electron chi connectivity index (χ0n) is 8.98. The molecule has 0 radical (unpaired) electrons. The van der Waals surface area contributed by atoms with Crippen molar-refractivity contribution in [1.29, 1.82) is 0 Å². The number of benzene rings is 1. The molecule has 0 saturated heterocycles. The maximum Gasteiger partial charge on any atom is 0.230 e. The van der Waals surface area contributed by atoms with Crippen LogP contribution < -0.4 is 9.64 Å². The molecule has 0 unspecified atom stereocenters. The number of rotatable bonds is 2. The fraction of sp³-hybridized carbons (Fsp3) is 0.308. The second-order valence-electron chi connectivity index (χ2n) is 3.57. The lowest BCUT2D eigenvalue weighted by molar-refractivity contribution is -0.118. The van der Waals surface area contributed by atoms with E-state index in [1.54, 1.807) is 4.90 Å². The third kappa shape index (κ3) is 2.01.